The van der Waals surface area contributed by atoms with Crippen molar-refractivity contribution in [3.63, 3.8) is 0 Å². The van der Waals surface area contributed by atoms with Gasteiger partial charge in [0, 0.05) is 24.7 Å². The van der Waals surface area contributed by atoms with Crippen LogP contribution in [-0.4, -0.2) is 35.1 Å². The second-order valence-electron chi connectivity index (χ2n) is 5.71. The summed E-state index contributed by atoms with van der Waals surface area (Å²) in [4.78, 5) is 6.77. The van der Waals surface area contributed by atoms with Crippen molar-refractivity contribution in [3.8, 4) is 5.75 Å². The van der Waals surface area contributed by atoms with Gasteiger partial charge in [0.1, 0.15) is 12.4 Å². The van der Waals surface area contributed by atoms with E-state index in [0.29, 0.717) is 18.7 Å². The van der Waals surface area contributed by atoms with Crippen molar-refractivity contribution >= 4 is 0 Å². The van der Waals surface area contributed by atoms with Crippen LogP contribution in [0.4, 0.5) is 0 Å². The zero-order valence-corrected chi connectivity index (χ0v) is 13.5. The van der Waals surface area contributed by atoms with Crippen LogP contribution in [0.15, 0.2) is 18.3 Å². The third kappa shape index (κ3) is 5.10. The first-order chi connectivity index (χ1) is 9.45. The van der Waals surface area contributed by atoms with E-state index in [1.54, 1.807) is 6.20 Å². The van der Waals surface area contributed by atoms with Crippen molar-refractivity contribution in [1.29, 1.82) is 0 Å². The lowest BCUT2D eigenvalue weighted by Crippen LogP contribution is -2.39. The van der Waals surface area contributed by atoms with Crippen LogP contribution in [0.5, 0.6) is 5.75 Å². The number of hydrogen-bond acceptors (Lipinski definition) is 4. The highest BCUT2D eigenvalue weighted by molar-refractivity contribution is 5.21. The van der Waals surface area contributed by atoms with Crippen LogP contribution in [0.25, 0.3) is 0 Å². The Bertz CT molecular complexity index is 368. The second-order valence-corrected chi connectivity index (χ2v) is 5.71. The fourth-order valence-corrected chi connectivity index (χ4v) is 2.29. The number of ether oxygens (including phenoxy) is 1. The number of pyridine rings is 1. The molecule has 2 N–H and O–H groups in total. The Balaban J connectivity index is 2.46. The maximum atomic E-state index is 5.94. The zero-order valence-electron chi connectivity index (χ0n) is 13.5. The quantitative estimate of drug-likeness (QED) is 0.795. The molecule has 4 nitrogen and oxygen atoms in total. The summed E-state index contributed by atoms with van der Waals surface area (Å²) in [7, 11) is 0. The van der Waals surface area contributed by atoms with Gasteiger partial charge in [0.25, 0.3) is 0 Å². The lowest BCUT2D eigenvalue weighted by molar-refractivity contribution is 0.142. The molecule has 0 amide bonds. The minimum atomic E-state index is 0.0152. The average Bonchev–Trinajstić information content (AvgIpc) is 2.42. The summed E-state index contributed by atoms with van der Waals surface area (Å²) >= 11 is 0. The molecule has 0 aliphatic carbocycles. The van der Waals surface area contributed by atoms with Gasteiger partial charge in [-0.1, -0.05) is 6.92 Å². The highest BCUT2D eigenvalue weighted by Crippen LogP contribution is 2.15. The Kier molecular flexibility index (Phi) is 6.96. The zero-order chi connectivity index (χ0) is 15.1. The lowest BCUT2D eigenvalue weighted by Gasteiger charge is -2.30. The third-order valence-corrected chi connectivity index (χ3v) is 3.52. The number of nitrogens with two attached hydrogens (primary N) is 1. The molecule has 0 saturated carbocycles. The summed E-state index contributed by atoms with van der Waals surface area (Å²) in [5, 5.41) is 0. The monoisotopic (exact) mass is 279 g/mol. The highest BCUT2D eigenvalue weighted by Gasteiger charge is 2.13. The average molecular weight is 279 g/mol. The highest BCUT2D eigenvalue weighted by atomic mass is 16.5. The van der Waals surface area contributed by atoms with Gasteiger partial charge >= 0.3 is 0 Å². The Morgan fingerprint density at radius 1 is 1.20 bits per heavy atom. The predicted molar refractivity (Wildman–Crippen MR) is 83.9 cm³/mol. The van der Waals surface area contributed by atoms with Crippen LogP contribution < -0.4 is 10.5 Å². The number of aromatic nitrogens is 1. The number of hydrogen-bond donors (Lipinski definition) is 1. The Morgan fingerprint density at radius 2 is 1.85 bits per heavy atom. The molecular formula is C16H29N3O. The van der Waals surface area contributed by atoms with E-state index < -0.39 is 0 Å². The van der Waals surface area contributed by atoms with Crippen LogP contribution in [0, 0.1) is 0 Å². The molecule has 1 aromatic heterocycles. The van der Waals surface area contributed by atoms with Crippen molar-refractivity contribution in [2.75, 3.05) is 13.2 Å². The smallest absolute Gasteiger partial charge is 0.137 e. The van der Waals surface area contributed by atoms with Crippen LogP contribution in [0.3, 0.4) is 0 Å². The molecule has 0 aliphatic rings. The minimum absolute atomic E-state index is 0.0152. The molecular weight excluding hydrogens is 250 g/mol. The standard InChI is InChI=1S/C16H29N3O/c1-6-15(17)16-8-7-14(11-18-16)20-10-9-19(12(2)3)13(4)5/h7-8,11-13,15H,6,9-10,17H2,1-5H3/t15-/m1/s1. The molecule has 0 aromatic carbocycles. The topological polar surface area (TPSA) is 51.4 Å². The number of nitrogens with zero attached hydrogens (tertiary/aromatic N) is 2. The van der Waals surface area contributed by atoms with E-state index in [4.69, 9.17) is 10.5 Å². The van der Waals surface area contributed by atoms with Crippen molar-refractivity contribution in [1.82, 2.24) is 9.88 Å². The molecule has 0 fully saturated rings. The Labute approximate surface area is 123 Å². The first-order valence-electron chi connectivity index (χ1n) is 7.55. The summed E-state index contributed by atoms with van der Waals surface area (Å²) in [5.41, 5.74) is 6.86. The van der Waals surface area contributed by atoms with Gasteiger partial charge in [-0.15, -0.1) is 0 Å². The van der Waals surface area contributed by atoms with Gasteiger partial charge in [-0.3, -0.25) is 9.88 Å². The summed E-state index contributed by atoms with van der Waals surface area (Å²) in [6.45, 7) is 12.5. The summed E-state index contributed by atoms with van der Waals surface area (Å²) in [6, 6.07) is 4.98. The lowest BCUT2D eigenvalue weighted by atomic mass is 10.1. The summed E-state index contributed by atoms with van der Waals surface area (Å²) in [6.07, 6.45) is 2.66. The van der Waals surface area contributed by atoms with Crippen molar-refractivity contribution in [2.45, 2.75) is 59.2 Å². The Morgan fingerprint density at radius 3 is 2.30 bits per heavy atom. The normalized spacial score (nSPS) is 13.2. The molecule has 20 heavy (non-hydrogen) atoms. The third-order valence-electron chi connectivity index (χ3n) is 3.52. The van der Waals surface area contributed by atoms with Gasteiger partial charge in [0.05, 0.1) is 11.9 Å². The minimum Gasteiger partial charge on any atom is -0.491 e. The fourth-order valence-electron chi connectivity index (χ4n) is 2.29. The molecule has 0 spiro atoms. The van der Waals surface area contributed by atoms with Crippen LogP contribution in [0.2, 0.25) is 0 Å². The summed E-state index contributed by atoms with van der Waals surface area (Å²) in [5.74, 6) is 0.810. The Hall–Kier alpha value is -1.13. The van der Waals surface area contributed by atoms with Crippen LogP contribution in [-0.2, 0) is 0 Å². The van der Waals surface area contributed by atoms with Gasteiger partial charge < -0.3 is 10.5 Å². The molecule has 0 aliphatic heterocycles. The van der Waals surface area contributed by atoms with Gasteiger partial charge in [-0.2, -0.15) is 0 Å². The molecule has 0 bridgehead atoms. The van der Waals surface area contributed by atoms with E-state index in [2.05, 4.69) is 44.5 Å². The molecule has 1 heterocycles. The second kappa shape index (κ2) is 8.22. The largest absolute Gasteiger partial charge is 0.491 e. The molecule has 0 radical (unpaired) electrons. The van der Waals surface area contributed by atoms with Crippen LogP contribution >= 0.6 is 0 Å². The fraction of sp³-hybridized carbons (Fsp3) is 0.688. The first-order valence-corrected chi connectivity index (χ1v) is 7.55. The van der Waals surface area contributed by atoms with Gasteiger partial charge in [-0.25, -0.2) is 0 Å². The van der Waals surface area contributed by atoms with E-state index in [1.807, 2.05) is 12.1 Å². The summed E-state index contributed by atoms with van der Waals surface area (Å²) < 4.78 is 5.76. The molecule has 1 rings (SSSR count). The molecule has 1 atom stereocenters. The molecule has 1 aromatic rings. The maximum Gasteiger partial charge on any atom is 0.137 e. The molecule has 114 valence electrons. The van der Waals surface area contributed by atoms with Gasteiger partial charge in [0.15, 0.2) is 0 Å². The van der Waals surface area contributed by atoms with E-state index in [1.165, 1.54) is 0 Å². The predicted octanol–water partition coefficient (Wildman–Crippen LogP) is 2.99. The SMILES string of the molecule is CC[C@@H](N)c1ccc(OCCN(C(C)C)C(C)C)cn1. The van der Waals surface area contributed by atoms with Crippen molar-refractivity contribution < 1.29 is 4.74 Å². The first kappa shape index (κ1) is 16.9. The van der Waals surface area contributed by atoms with Gasteiger partial charge in [-0.05, 0) is 46.2 Å². The molecule has 4 heteroatoms. The van der Waals surface area contributed by atoms with Crippen molar-refractivity contribution in [2.24, 2.45) is 5.73 Å². The van der Waals surface area contributed by atoms with Crippen LogP contribution in [0.1, 0.15) is 52.8 Å². The molecule has 0 saturated heterocycles. The van der Waals surface area contributed by atoms with Gasteiger partial charge in [0.2, 0.25) is 0 Å². The van der Waals surface area contributed by atoms with Crippen molar-refractivity contribution in [3.05, 3.63) is 24.0 Å². The van der Waals surface area contributed by atoms with E-state index in [9.17, 15) is 0 Å². The van der Waals surface area contributed by atoms with E-state index in [0.717, 1.165) is 24.4 Å². The molecule has 0 unspecified atom stereocenters. The van der Waals surface area contributed by atoms with E-state index >= 15 is 0 Å². The van der Waals surface area contributed by atoms with E-state index in [-0.39, 0.29) is 6.04 Å². The number of rotatable bonds is 8. The maximum absolute atomic E-state index is 5.94.